The van der Waals surface area contributed by atoms with Crippen LogP contribution in [0.2, 0.25) is 0 Å². The summed E-state index contributed by atoms with van der Waals surface area (Å²) in [5, 5.41) is 7.06. The summed E-state index contributed by atoms with van der Waals surface area (Å²) >= 11 is 0. The van der Waals surface area contributed by atoms with Crippen molar-refractivity contribution in [3.63, 3.8) is 0 Å². The fourth-order valence-corrected chi connectivity index (χ4v) is 5.62. The number of benzene rings is 4. The fraction of sp³-hybridized carbons (Fsp3) is 0.184. The van der Waals surface area contributed by atoms with E-state index < -0.39 is 17.8 Å². The molecule has 0 bridgehead atoms. The van der Waals surface area contributed by atoms with Crippen LogP contribution in [0.25, 0.3) is 11.1 Å². The van der Waals surface area contributed by atoms with Crippen LogP contribution in [-0.4, -0.2) is 59.8 Å². The number of rotatable bonds is 13. The molecule has 1 aromatic heterocycles. The molecule has 0 radical (unpaired) electrons. The van der Waals surface area contributed by atoms with E-state index in [1.807, 2.05) is 24.3 Å². The number of hydroxylamine groups is 2. The van der Waals surface area contributed by atoms with Gasteiger partial charge in [-0.25, -0.2) is 9.59 Å². The Hall–Kier alpha value is -6.11. The molecule has 0 fully saturated rings. The van der Waals surface area contributed by atoms with Gasteiger partial charge in [0.25, 0.3) is 5.91 Å². The molecule has 2 amide bonds. The Morgan fingerprint density at radius 1 is 0.840 bits per heavy atom. The van der Waals surface area contributed by atoms with E-state index in [-0.39, 0.29) is 37.2 Å². The molecule has 4 aromatic carbocycles. The maximum atomic E-state index is 12.5. The van der Waals surface area contributed by atoms with Crippen molar-refractivity contribution in [3.05, 3.63) is 148 Å². The predicted molar refractivity (Wildman–Crippen MR) is 186 cm³/mol. The number of amides is 2. The number of H-pyrrole nitrogens is 1. The van der Waals surface area contributed by atoms with E-state index in [4.69, 9.17) is 14.3 Å². The van der Waals surface area contributed by atoms with Crippen molar-refractivity contribution in [2.75, 3.05) is 32.1 Å². The maximum absolute atomic E-state index is 12.5. The van der Waals surface area contributed by atoms with E-state index in [2.05, 4.69) is 44.9 Å². The van der Waals surface area contributed by atoms with Gasteiger partial charge in [0.2, 0.25) is 5.91 Å². The lowest BCUT2D eigenvalue weighted by Gasteiger charge is -2.20. The third-order valence-electron chi connectivity index (χ3n) is 8.16. The molecule has 50 heavy (non-hydrogen) atoms. The zero-order chi connectivity index (χ0) is 34.9. The summed E-state index contributed by atoms with van der Waals surface area (Å²) in [5.74, 6) is -0.0497. The van der Waals surface area contributed by atoms with Crippen LogP contribution >= 0.6 is 0 Å². The Morgan fingerprint density at radius 3 is 2.18 bits per heavy atom. The van der Waals surface area contributed by atoms with Gasteiger partial charge in [-0.3, -0.25) is 14.4 Å². The topological polar surface area (TPSA) is 152 Å². The molecule has 1 aliphatic carbocycles. The average molecular weight is 674 g/mol. The van der Waals surface area contributed by atoms with Gasteiger partial charge in [-0.1, -0.05) is 72.8 Å². The molecule has 0 saturated heterocycles. The van der Waals surface area contributed by atoms with Crippen molar-refractivity contribution in [1.82, 2.24) is 20.3 Å². The minimum Gasteiger partial charge on any atom is -0.433 e. The van der Waals surface area contributed by atoms with Crippen molar-refractivity contribution < 1.29 is 28.7 Å². The van der Waals surface area contributed by atoms with Crippen LogP contribution in [-0.2, 0) is 27.3 Å². The third-order valence-corrected chi connectivity index (χ3v) is 8.16. The van der Waals surface area contributed by atoms with E-state index in [1.54, 1.807) is 60.6 Å². The van der Waals surface area contributed by atoms with Gasteiger partial charge in [0.1, 0.15) is 18.2 Å². The Bertz CT molecular complexity index is 1980. The number of hydrogen-bond donors (Lipinski definition) is 3. The molecule has 0 saturated carbocycles. The molecule has 12 nitrogen and oxygen atoms in total. The van der Waals surface area contributed by atoms with Gasteiger partial charge in [-0.2, -0.15) is 10.0 Å². The minimum absolute atomic E-state index is 0.0782. The number of anilines is 1. The molecule has 5 aromatic rings. The van der Waals surface area contributed by atoms with Gasteiger partial charge in [0.05, 0.1) is 19.6 Å². The molecule has 0 atom stereocenters. The number of fused-ring (bicyclic) bond motifs is 3. The summed E-state index contributed by atoms with van der Waals surface area (Å²) < 4.78 is 10.5. The molecule has 254 valence electrons. The maximum Gasteiger partial charge on any atom is 0.513 e. The summed E-state index contributed by atoms with van der Waals surface area (Å²) in [5.41, 5.74) is 6.29. The molecule has 1 heterocycles. The van der Waals surface area contributed by atoms with Gasteiger partial charge >= 0.3 is 11.8 Å². The third kappa shape index (κ3) is 8.67. The van der Waals surface area contributed by atoms with Crippen LogP contribution in [0.1, 0.15) is 38.5 Å². The number of carbonyl (C=O) groups excluding carboxylic acids is 3. The van der Waals surface area contributed by atoms with Crippen LogP contribution in [0.3, 0.4) is 0 Å². The first kappa shape index (κ1) is 33.8. The van der Waals surface area contributed by atoms with Crippen molar-refractivity contribution in [1.29, 1.82) is 0 Å². The van der Waals surface area contributed by atoms with Crippen molar-refractivity contribution in [3.8, 4) is 16.9 Å². The van der Waals surface area contributed by atoms with E-state index in [9.17, 15) is 19.2 Å². The van der Waals surface area contributed by atoms with Crippen molar-refractivity contribution >= 4 is 23.8 Å². The Balaban J connectivity index is 0.878. The standard InChI is InChI=1S/C38H35N5O7/c1-43(49-24-33-31-8-4-2-6-29(31)30-7-3-5-9-32(30)33)20-21-48-38(47)50-28-16-12-25(13-17-28)22-35(44)40-23-26-10-14-27(15-11-26)36(45)41-34-18-19-39-37(46)42-34/h2-19,33H,20-24H2,1H3,(H,40,44)(H2,39,41,42,45,46). The number of nitrogens with one attached hydrogen (secondary N) is 3. The van der Waals surface area contributed by atoms with Crippen LogP contribution in [0.15, 0.2) is 114 Å². The molecule has 3 N–H and O–H groups in total. The van der Waals surface area contributed by atoms with Crippen molar-refractivity contribution in [2.45, 2.75) is 18.9 Å². The van der Waals surface area contributed by atoms with E-state index in [0.29, 0.717) is 24.5 Å². The molecule has 0 aliphatic heterocycles. The Labute approximate surface area is 288 Å². The highest BCUT2D eigenvalue weighted by atomic mass is 16.7. The molecular weight excluding hydrogens is 638 g/mol. The number of carbonyl (C=O) groups is 3. The number of likely N-dealkylation sites (N-methyl/N-ethyl adjacent to an activating group) is 1. The van der Waals surface area contributed by atoms with Gasteiger partial charge in [0, 0.05) is 31.3 Å². The Kier molecular flexibility index (Phi) is 10.7. The smallest absolute Gasteiger partial charge is 0.433 e. The van der Waals surface area contributed by atoms with Crippen LogP contribution in [0.4, 0.5) is 10.6 Å². The lowest BCUT2D eigenvalue weighted by molar-refractivity contribution is -0.147. The SMILES string of the molecule is CN(CCOC(=O)Oc1ccc(CC(=O)NCc2ccc(C(=O)Nc3cc[nH]c(=O)n3)cc2)cc1)OCC1c2ccccc2-c2ccccc21. The first-order chi connectivity index (χ1) is 24.3. The van der Waals surface area contributed by atoms with E-state index in [1.165, 1.54) is 34.5 Å². The van der Waals surface area contributed by atoms with Crippen molar-refractivity contribution in [2.24, 2.45) is 0 Å². The molecule has 0 unspecified atom stereocenters. The number of aromatic nitrogens is 2. The largest absolute Gasteiger partial charge is 0.513 e. The van der Waals surface area contributed by atoms with Crippen LogP contribution in [0, 0.1) is 0 Å². The second-order valence-electron chi connectivity index (χ2n) is 11.6. The first-order valence-electron chi connectivity index (χ1n) is 16.0. The number of ether oxygens (including phenoxy) is 2. The number of aromatic amines is 1. The number of nitrogens with zero attached hydrogens (tertiary/aromatic N) is 2. The molecule has 12 heteroatoms. The quantitative estimate of drug-likeness (QED) is 0.0884. The summed E-state index contributed by atoms with van der Waals surface area (Å²) in [4.78, 5) is 60.6. The van der Waals surface area contributed by atoms with Gasteiger partial charge in [-0.15, -0.1) is 0 Å². The molecule has 1 aliphatic rings. The second kappa shape index (κ2) is 15.9. The lowest BCUT2D eigenvalue weighted by Crippen LogP contribution is -2.27. The van der Waals surface area contributed by atoms with Gasteiger partial charge in [-0.05, 0) is 63.7 Å². The molecular formula is C38H35N5O7. The van der Waals surface area contributed by atoms with Gasteiger partial charge in [0.15, 0.2) is 0 Å². The summed E-state index contributed by atoms with van der Waals surface area (Å²) in [6.07, 6.45) is 0.682. The highest BCUT2D eigenvalue weighted by Crippen LogP contribution is 2.44. The molecule has 6 rings (SSSR count). The van der Waals surface area contributed by atoms with Crippen LogP contribution < -0.4 is 21.1 Å². The molecule has 0 spiro atoms. The lowest BCUT2D eigenvalue weighted by atomic mass is 9.98. The average Bonchev–Trinajstić information content (AvgIpc) is 3.44. The summed E-state index contributed by atoms with van der Waals surface area (Å²) in [6.45, 7) is 1.17. The summed E-state index contributed by atoms with van der Waals surface area (Å²) in [7, 11) is 1.80. The zero-order valence-electron chi connectivity index (χ0n) is 27.3. The van der Waals surface area contributed by atoms with Crippen LogP contribution in [0.5, 0.6) is 5.75 Å². The monoisotopic (exact) mass is 673 g/mol. The minimum atomic E-state index is -0.835. The first-order valence-corrected chi connectivity index (χ1v) is 16.0. The summed E-state index contributed by atoms with van der Waals surface area (Å²) in [6, 6.07) is 31.5. The highest BCUT2D eigenvalue weighted by molar-refractivity contribution is 6.03. The van der Waals surface area contributed by atoms with E-state index >= 15 is 0 Å². The van der Waals surface area contributed by atoms with E-state index in [0.717, 1.165) is 11.1 Å². The van der Waals surface area contributed by atoms with Gasteiger partial charge < -0.3 is 25.1 Å². The predicted octanol–water partition coefficient (Wildman–Crippen LogP) is 5.07. The Morgan fingerprint density at radius 2 is 1.50 bits per heavy atom. The number of hydrogen-bond acceptors (Lipinski definition) is 9. The fourth-order valence-electron chi connectivity index (χ4n) is 5.62. The normalized spacial score (nSPS) is 11.8. The zero-order valence-corrected chi connectivity index (χ0v) is 27.3. The highest BCUT2D eigenvalue weighted by Gasteiger charge is 2.28. The second-order valence-corrected chi connectivity index (χ2v) is 11.6.